The summed E-state index contributed by atoms with van der Waals surface area (Å²) in [6, 6.07) is 6.30. The van der Waals surface area contributed by atoms with Crippen LogP contribution in [0.4, 0.5) is 17.2 Å². The van der Waals surface area contributed by atoms with Gasteiger partial charge >= 0.3 is 0 Å². The molecule has 0 aromatic carbocycles. The van der Waals surface area contributed by atoms with E-state index >= 15 is 0 Å². The van der Waals surface area contributed by atoms with Crippen LogP contribution in [0.3, 0.4) is 0 Å². The summed E-state index contributed by atoms with van der Waals surface area (Å²) >= 11 is 0. The summed E-state index contributed by atoms with van der Waals surface area (Å²) in [6.45, 7) is 2.03. The Morgan fingerprint density at radius 2 is 1.97 bits per heavy atom. The zero-order chi connectivity index (χ0) is 21.5. The molecule has 3 aromatic rings. The lowest BCUT2D eigenvalue weighted by Crippen LogP contribution is -2.35. The number of pyridine rings is 2. The third kappa shape index (κ3) is 5.07. The fourth-order valence-electron chi connectivity index (χ4n) is 2.81. The van der Waals surface area contributed by atoms with E-state index in [2.05, 4.69) is 30.8 Å². The smallest absolute Gasteiger partial charge is 0.269 e. The third-order valence-corrected chi connectivity index (χ3v) is 4.27. The van der Waals surface area contributed by atoms with Crippen molar-refractivity contribution in [2.45, 2.75) is 32.2 Å². The van der Waals surface area contributed by atoms with Crippen LogP contribution in [0.2, 0.25) is 0 Å². The van der Waals surface area contributed by atoms with Crippen molar-refractivity contribution in [3.8, 4) is 5.82 Å². The van der Waals surface area contributed by atoms with Crippen LogP contribution in [0.1, 0.15) is 36.7 Å². The van der Waals surface area contributed by atoms with Crippen molar-refractivity contribution in [1.29, 1.82) is 0 Å². The Morgan fingerprint density at radius 3 is 2.63 bits per heavy atom. The van der Waals surface area contributed by atoms with E-state index in [0.717, 1.165) is 12.8 Å². The SMILES string of the molecule is CCCCC(Nc1cnc(C(N)=O)c(Nc2cccc(-n3nccn3)n2)c1)C(N)=O. The molecular formula is C19H23N9O2. The maximum atomic E-state index is 11.8. The average molecular weight is 409 g/mol. The number of nitrogens with one attached hydrogen (secondary N) is 2. The van der Waals surface area contributed by atoms with Gasteiger partial charge in [0.25, 0.3) is 5.91 Å². The molecule has 156 valence electrons. The minimum absolute atomic E-state index is 0.0363. The zero-order valence-electron chi connectivity index (χ0n) is 16.4. The van der Waals surface area contributed by atoms with Crippen LogP contribution < -0.4 is 22.1 Å². The lowest BCUT2D eigenvalue weighted by molar-refractivity contribution is -0.118. The summed E-state index contributed by atoms with van der Waals surface area (Å²) in [5.41, 5.74) is 11.8. The molecule has 0 aliphatic heterocycles. The summed E-state index contributed by atoms with van der Waals surface area (Å²) in [7, 11) is 0. The summed E-state index contributed by atoms with van der Waals surface area (Å²) < 4.78 is 0. The Kier molecular flexibility index (Phi) is 6.53. The Morgan fingerprint density at radius 1 is 1.20 bits per heavy atom. The van der Waals surface area contributed by atoms with E-state index in [1.54, 1.807) is 36.7 Å². The van der Waals surface area contributed by atoms with Crippen molar-refractivity contribution < 1.29 is 9.59 Å². The predicted octanol–water partition coefficient (Wildman–Crippen LogP) is 1.36. The van der Waals surface area contributed by atoms with Gasteiger partial charge in [0.05, 0.1) is 30.0 Å². The van der Waals surface area contributed by atoms with Gasteiger partial charge in [0, 0.05) is 0 Å². The number of carbonyl (C=O) groups is 2. The molecule has 0 spiro atoms. The van der Waals surface area contributed by atoms with Crippen molar-refractivity contribution in [1.82, 2.24) is 25.0 Å². The molecule has 6 N–H and O–H groups in total. The molecule has 0 aliphatic rings. The molecule has 3 rings (SSSR count). The summed E-state index contributed by atoms with van der Waals surface area (Å²) in [5, 5.41) is 14.2. The molecule has 0 fully saturated rings. The molecule has 3 heterocycles. The lowest BCUT2D eigenvalue weighted by atomic mass is 10.1. The maximum Gasteiger partial charge on any atom is 0.269 e. The highest BCUT2D eigenvalue weighted by Crippen LogP contribution is 2.23. The zero-order valence-corrected chi connectivity index (χ0v) is 16.4. The topological polar surface area (TPSA) is 167 Å². The van der Waals surface area contributed by atoms with E-state index in [0.29, 0.717) is 29.4 Å². The van der Waals surface area contributed by atoms with Gasteiger partial charge in [0.2, 0.25) is 5.91 Å². The van der Waals surface area contributed by atoms with Crippen molar-refractivity contribution >= 4 is 29.0 Å². The average Bonchev–Trinajstić information content (AvgIpc) is 3.26. The van der Waals surface area contributed by atoms with E-state index in [1.165, 1.54) is 11.0 Å². The van der Waals surface area contributed by atoms with Crippen molar-refractivity contribution in [2.75, 3.05) is 10.6 Å². The molecule has 11 heteroatoms. The highest BCUT2D eigenvalue weighted by Gasteiger charge is 2.17. The molecule has 30 heavy (non-hydrogen) atoms. The highest BCUT2D eigenvalue weighted by atomic mass is 16.1. The summed E-state index contributed by atoms with van der Waals surface area (Å²) in [6.07, 6.45) is 6.89. The number of unbranched alkanes of at least 4 members (excludes halogenated alkanes) is 1. The molecule has 1 unspecified atom stereocenters. The monoisotopic (exact) mass is 409 g/mol. The first-order valence-electron chi connectivity index (χ1n) is 9.44. The number of aromatic nitrogens is 5. The van der Waals surface area contributed by atoms with Crippen LogP contribution in [-0.4, -0.2) is 42.8 Å². The molecule has 1 atom stereocenters. The van der Waals surface area contributed by atoms with E-state index in [9.17, 15) is 9.59 Å². The van der Waals surface area contributed by atoms with Crippen LogP contribution >= 0.6 is 0 Å². The summed E-state index contributed by atoms with van der Waals surface area (Å²) in [4.78, 5) is 33.5. The standard InChI is InChI=1S/C19H23N9O2/c1-2-3-5-13(18(20)29)25-12-10-14(17(19(21)30)22-11-12)26-15-6-4-7-16(27-15)28-23-8-9-24-28/h4,6-11,13,25H,2-3,5H2,1H3,(H2,20,29)(H2,21,30)(H,26,27). The molecular weight excluding hydrogens is 386 g/mol. The lowest BCUT2D eigenvalue weighted by Gasteiger charge is -2.18. The highest BCUT2D eigenvalue weighted by molar-refractivity contribution is 5.97. The fraction of sp³-hybridized carbons (Fsp3) is 0.263. The van der Waals surface area contributed by atoms with Gasteiger partial charge in [-0.2, -0.15) is 10.2 Å². The number of carbonyl (C=O) groups excluding carboxylic acids is 2. The molecule has 3 aromatic heterocycles. The van der Waals surface area contributed by atoms with E-state index in [4.69, 9.17) is 11.5 Å². The number of rotatable bonds is 10. The summed E-state index contributed by atoms with van der Waals surface area (Å²) in [5.74, 6) is -0.241. The first kappa shape index (κ1) is 20.7. The number of hydrogen-bond donors (Lipinski definition) is 4. The normalized spacial score (nSPS) is 11.6. The first-order valence-corrected chi connectivity index (χ1v) is 9.44. The van der Waals surface area contributed by atoms with Crippen LogP contribution in [0.15, 0.2) is 42.9 Å². The Labute approximate surface area is 172 Å². The van der Waals surface area contributed by atoms with Crippen molar-refractivity contribution in [3.63, 3.8) is 0 Å². The molecule has 2 amide bonds. The van der Waals surface area contributed by atoms with Gasteiger partial charge in [-0.25, -0.2) is 9.97 Å². The van der Waals surface area contributed by atoms with Gasteiger partial charge in [-0.1, -0.05) is 25.8 Å². The van der Waals surface area contributed by atoms with E-state index in [-0.39, 0.29) is 5.69 Å². The molecule has 0 bridgehead atoms. The predicted molar refractivity (Wildman–Crippen MR) is 111 cm³/mol. The quantitative estimate of drug-likeness (QED) is 0.389. The van der Waals surface area contributed by atoms with Crippen LogP contribution in [-0.2, 0) is 4.79 Å². The third-order valence-electron chi connectivity index (χ3n) is 4.27. The van der Waals surface area contributed by atoms with Gasteiger partial charge in [0.1, 0.15) is 11.9 Å². The van der Waals surface area contributed by atoms with Gasteiger partial charge in [-0.3, -0.25) is 9.59 Å². The number of nitrogens with zero attached hydrogens (tertiary/aromatic N) is 5. The molecule has 11 nitrogen and oxygen atoms in total. The van der Waals surface area contributed by atoms with E-state index < -0.39 is 17.9 Å². The number of hydrogen-bond acceptors (Lipinski definition) is 8. The van der Waals surface area contributed by atoms with Gasteiger partial charge in [-0.05, 0) is 24.6 Å². The van der Waals surface area contributed by atoms with Crippen molar-refractivity contribution in [2.24, 2.45) is 11.5 Å². The van der Waals surface area contributed by atoms with Gasteiger partial charge in [-0.15, -0.1) is 4.80 Å². The largest absolute Gasteiger partial charge is 0.372 e. The van der Waals surface area contributed by atoms with Crippen LogP contribution in [0.5, 0.6) is 0 Å². The van der Waals surface area contributed by atoms with Crippen LogP contribution in [0, 0.1) is 0 Å². The maximum absolute atomic E-state index is 11.8. The van der Waals surface area contributed by atoms with Crippen LogP contribution in [0.25, 0.3) is 5.82 Å². The minimum atomic E-state index is -0.702. The number of primary amides is 2. The van der Waals surface area contributed by atoms with Gasteiger partial charge < -0.3 is 22.1 Å². The Hall–Kier alpha value is -4.02. The second kappa shape index (κ2) is 9.45. The van der Waals surface area contributed by atoms with Crippen molar-refractivity contribution in [3.05, 3.63) is 48.5 Å². The fourth-order valence-corrected chi connectivity index (χ4v) is 2.81. The van der Waals surface area contributed by atoms with E-state index in [1.807, 2.05) is 6.92 Å². The first-order chi connectivity index (χ1) is 14.5. The Bertz CT molecular complexity index is 1020. The molecule has 0 saturated heterocycles. The number of anilines is 3. The second-order valence-corrected chi connectivity index (χ2v) is 6.55. The number of amides is 2. The molecule has 0 aliphatic carbocycles. The minimum Gasteiger partial charge on any atom is -0.372 e. The number of nitrogens with two attached hydrogens (primary N) is 2. The molecule has 0 radical (unpaired) electrons. The molecule has 0 saturated carbocycles. The second-order valence-electron chi connectivity index (χ2n) is 6.55. The Balaban J connectivity index is 1.87. The van der Waals surface area contributed by atoms with Gasteiger partial charge in [0.15, 0.2) is 11.5 Å².